The van der Waals surface area contributed by atoms with Gasteiger partial charge in [-0.05, 0) is 177 Å². The molecule has 17 bridgehead atoms. The van der Waals surface area contributed by atoms with Gasteiger partial charge in [0.05, 0.1) is 35.9 Å². The zero-order chi connectivity index (χ0) is 106. The Morgan fingerprint density at radius 2 is 1.12 bits per heavy atom. The number of aliphatic hydroxyl groups is 10. The van der Waals surface area contributed by atoms with E-state index in [1.54, 1.807) is 19.0 Å². The van der Waals surface area contributed by atoms with Gasteiger partial charge in [-0.3, -0.25) is 47.9 Å². The van der Waals surface area contributed by atoms with E-state index in [1.807, 2.05) is 0 Å². The van der Waals surface area contributed by atoms with Gasteiger partial charge in [0.2, 0.25) is 76.9 Å². The summed E-state index contributed by atoms with van der Waals surface area (Å²) < 4.78 is 58.4. The molecule has 0 spiro atoms. The number of aliphatic hydroxyl groups excluding tert-OH is 10. The maximum absolute atomic E-state index is 17.3. The summed E-state index contributed by atoms with van der Waals surface area (Å²) in [5.74, 6) is -21.8. The van der Waals surface area contributed by atoms with Crippen molar-refractivity contribution in [3.05, 3.63) is 176 Å². The Kier molecular flexibility index (Phi) is 35.9. The van der Waals surface area contributed by atoms with Crippen molar-refractivity contribution >= 4 is 82.3 Å². The molecule has 9 aliphatic heterocycles. The van der Waals surface area contributed by atoms with Crippen LogP contribution in [0.5, 0.6) is 69.0 Å². The first-order chi connectivity index (χ1) is 70.1. The second-order valence-corrected chi connectivity index (χ2v) is 38.2. The standard InChI is InChI=1S/C99H119Cl2N13O33/c1-42(2)13-8-6-7-9-15-70(123)107-78-84(128)81(125)68(40-116)144-98(78)147-88-65-34-49-35-66(88)141-62-23-19-47(32-56(62)101)87(146-97-77(105-43(3)118)83(127)80(124)67(39-115)143-97)79-96(138)112-76(91(133)104-25-12-26-114(4)5)54-37-51(120)38-64(142-99-86(130)85(129)82(126)69(41-117)145-99)71(54)53-31-45(17-20-59(53)121)72(93(135)113-79)110-95(137)75(49)111-94(136)74-48-29-50(119)36-52(30-48)139-63-33-46(18-21-60(63)122)73(108-89(131)57(103)14-10-11-24-102)92(134)106-58(90(132)109-74)28-44-16-22-61(140-65)55(100)27-44/h16-23,27,29-38,42,57-58,67-69,72-84,87,97-99,115-117,119-122,124-130H,6-15,24-26,28,39-41,102-103H2,1-5H3,(H,104,133)(H,105,118)(H,106,134)(H,107,123)(H,108,131)(H,109,132)(H,110,137)(H,111,136)(H,112,138)(H,113,135)/t57-,58+,67+,68+,69+,72+,73-,74-,75+,76-,77+,78+,79-,80+,81+,82+,83+,84+,87+,97-,98-,99-/m0/s1. The lowest BCUT2D eigenvalue weighted by molar-refractivity contribution is -0.284. The molecule has 0 saturated carbocycles. The van der Waals surface area contributed by atoms with Crippen LogP contribution in [0, 0.1) is 5.92 Å². The predicted octanol–water partition coefficient (Wildman–Crippen LogP) is 2.22. The number of hydrogen-bond acceptors (Lipinski definition) is 36. The number of aromatic hydroxyl groups is 4. The zero-order valence-electron chi connectivity index (χ0n) is 80.1. The number of carbonyl (C=O) groups is 10. The Balaban J connectivity index is 1.04. The minimum absolute atomic E-state index is 0.0767. The lowest BCUT2D eigenvalue weighted by Gasteiger charge is -2.44. The molecule has 0 aromatic heterocycles. The van der Waals surface area contributed by atoms with Crippen molar-refractivity contribution in [2.45, 2.75) is 226 Å². The van der Waals surface area contributed by atoms with Crippen LogP contribution in [0.15, 0.2) is 127 Å². The Morgan fingerprint density at radius 3 is 1.77 bits per heavy atom. The number of hydrogen-bond donors (Lipinski definition) is 26. The molecule has 792 valence electrons. The molecule has 2 saturated heterocycles. The van der Waals surface area contributed by atoms with Crippen LogP contribution in [0.2, 0.25) is 10.0 Å². The van der Waals surface area contributed by atoms with E-state index in [0.29, 0.717) is 38.1 Å². The highest BCUT2D eigenvalue weighted by molar-refractivity contribution is 6.32. The second-order valence-electron chi connectivity index (χ2n) is 37.4. The number of unbranched alkanes of at least 4 members (excludes halogenated alkanes) is 4. The number of amides is 10. The number of nitrogens with one attached hydrogen (secondary N) is 10. The molecular formula is C99H119Cl2N13O33. The van der Waals surface area contributed by atoms with Crippen molar-refractivity contribution in [1.29, 1.82) is 0 Å². The normalized spacial score (nSPS) is 26.4. The molecule has 22 atom stereocenters. The molecule has 7 aromatic rings. The van der Waals surface area contributed by atoms with E-state index in [-0.39, 0.29) is 59.8 Å². The van der Waals surface area contributed by atoms with Crippen LogP contribution < -0.4 is 88.3 Å². The van der Waals surface area contributed by atoms with Gasteiger partial charge in [0.25, 0.3) is 6.29 Å². The van der Waals surface area contributed by atoms with Crippen LogP contribution in [0.1, 0.15) is 160 Å². The summed E-state index contributed by atoms with van der Waals surface area (Å²) in [6.07, 6.45) is -20.8. The van der Waals surface area contributed by atoms with E-state index in [2.05, 4.69) is 67.0 Å². The van der Waals surface area contributed by atoms with E-state index in [1.165, 1.54) is 24.3 Å². The van der Waals surface area contributed by atoms with E-state index < -0.39 is 333 Å². The molecule has 10 amide bonds. The highest BCUT2D eigenvalue weighted by Gasteiger charge is 2.52. The first-order valence-corrected chi connectivity index (χ1v) is 48.4. The van der Waals surface area contributed by atoms with Crippen molar-refractivity contribution in [3.63, 3.8) is 0 Å². The Hall–Kier alpha value is -13.2. The number of nitrogens with two attached hydrogens (primary N) is 2. The second kappa shape index (κ2) is 48.2. The quantitative estimate of drug-likeness (QED) is 0.0299. The molecule has 147 heavy (non-hydrogen) atoms. The summed E-state index contributed by atoms with van der Waals surface area (Å²) in [5, 5.41) is 187. The smallest absolute Gasteiger partial charge is 0.262 e. The molecule has 28 N–H and O–H groups in total. The average molecular weight is 2090 g/mol. The highest BCUT2D eigenvalue weighted by Crippen LogP contribution is 2.52. The summed E-state index contributed by atoms with van der Waals surface area (Å²) in [5.41, 5.74) is 8.60. The Bertz CT molecular complexity index is 6080. The molecule has 9 aliphatic rings. The largest absolute Gasteiger partial charge is 0.508 e. The lowest BCUT2D eigenvalue weighted by atomic mass is 9.89. The minimum Gasteiger partial charge on any atom is -0.508 e. The highest BCUT2D eigenvalue weighted by atomic mass is 35.5. The number of carbonyl (C=O) groups excluding carboxylic acids is 10. The monoisotopic (exact) mass is 2090 g/mol. The van der Waals surface area contributed by atoms with Gasteiger partial charge < -0.3 is 184 Å². The SMILES string of the molecule is CC(=O)N[C@H]1[C@H](O[C@@H]2c3ccc(c(Cl)c3)Oc3cc4cc(c3O[C@@H]3O[C@H](CO)[C@@H](O)[C@H](O)[C@H]3NC(=O)CCCCCCC(C)C)Oc3ccc(cc3Cl)C[C@H]3NC(=O)[C@@H](NC(=O)[C@@H](N)CCCCN)c5ccc(O)c(c5)Oc5cc(O)cc(c5)[C@H](NC3=O)C(=O)N[C@H]4C(=O)N[C@H]3C(=O)N[C@@H]2C(=O)N[C@H](C(=O)NCCCN(C)C)c2cc(O)cc(O[C@H]4O[C@H](CO)[C@@H](O)C(O)=C4O)c2-c2cc3ccc2O)O[C@H](CO)[C@@H](O)[C@@H]1O. The van der Waals surface area contributed by atoms with Gasteiger partial charge in [0.15, 0.2) is 35.0 Å². The van der Waals surface area contributed by atoms with E-state index in [4.69, 9.17) is 77.3 Å². The molecule has 16 rings (SSSR count). The number of phenolic OH excluding ortho intramolecular Hbond substituents is 4. The topological polar surface area (TPSA) is 713 Å². The van der Waals surface area contributed by atoms with Crippen LogP contribution >= 0.6 is 23.2 Å². The lowest BCUT2D eigenvalue weighted by Crippen LogP contribution is -2.65. The van der Waals surface area contributed by atoms with Gasteiger partial charge in [0.1, 0.15) is 150 Å². The number of ether oxygens (including phenoxy) is 9. The first-order valence-electron chi connectivity index (χ1n) is 47.7. The van der Waals surface area contributed by atoms with E-state index >= 15 is 33.6 Å². The van der Waals surface area contributed by atoms with Crippen LogP contribution in [-0.2, 0) is 73.3 Å². The van der Waals surface area contributed by atoms with Gasteiger partial charge in [-0.2, -0.15) is 0 Å². The van der Waals surface area contributed by atoms with Crippen molar-refractivity contribution in [3.8, 4) is 80.1 Å². The maximum atomic E-state index is 17.3. The van der Waals surface area contributed by atoms with Gasteiger partial charge >= 0.3 is 0 Å². The zero-order valence-corrected chi connectivity index (χ0v) is 81.7. The molecule has 7 aromatic carbocycles. The first kappa shape index (κ1) is 109. The Labute approximate surface area is 850 Å². The van der Waals surface area contributed by atoms with Crippen molar-refractivity contribution in [1.82, 2.24) is 58.1 Å². The molecule has 2 fully saturated rings. The maximum Gasteiger partial charge on any atom is 0.262 e. The third-order valence-electron chi connectivity index (χ3n) is 25.8. The Morgan fingerprint density at radius 1 is 0.531 bits per heavy atom. The summed E-state index contributed by atoms with van der Waals surface area (Å²) in [6.45, 7) is 2.35. The summed E-state index contributed by atoms with van der Waals surface area (Å²) >= 11 is 15.0. The predicted molar refractivity (Wildman–Crippen MR) is 517 cm³/mol. The van der Waals surface area contributed by atoms with Crippen molar-refractivity contribution in [2.75, 3.05) is 53.6 Å². The number of rotatable bonds is 29. The number of fused-ring (bicyclic) bond motifs is 14. The fourth-order valence-corrected chi connectivity index (χ4v) is 18.5. The third-order valence-corrected chi connectivity index (χ3v) is 26.4. The van der Waals surface area contributed by atoms with Crippen LogP contribution in [0.4, 0.5) is 0 Å². The van der Waals surface area contributed by atoms with Gasteiger partial charge in [-0.15, -0.1) is 0 Å². The molecule has 0 unspecified atom stereocenters. The molecular weight excluding hydrogens is 1970 g/mol. The molecule has 0 radical (unpaired) electrons. The summed E-state index contributed by atoms with van der Waals surface area (Å²) in [7, 11) is 3.46. The molecule has 46 nitrogen and oxygen atoms in total. The number of benzene rings is 7. The molecule has 48 heteroatoms. The fraction of sp³-hybridized carbons (Fsp3) is 0.455. The van der Waals surface area contributed by atoms with Crippen LogP contribution in [0.3, 0.4) is 0 Å². The molecule has 0 aliphatic carbocycles. The summed E-state index contributed by atoms with van der Waals surface area (Å²) in [4.78, 5) is 159. The van der Waals surface area contributed by atoms with Crippen molar-refractivity contribution in [2.24, 2.45) is 17.4 Å². The van der Waals surface area contributed by atoms with Crippen molar-refractivity contribution < 1.29 is 162 Å². The number of halogens is 2. The van der Waals surface area contributed by atoms with Gasteiger partial charge in [-0.25, -0.2) is 0 Å². The van der Waals surface area contributed by atoms with E-state index in [9.17, 15) is 85.9 Å². The van der Waals surface area contributed by atoms with Gasteiger partial charge in [0, 0.05) is 49.6 Å². The summed E-state index contributed by atoms with van der Waals surface area (Å²) in [6, 6.07) is -0.385. The number of phenols is 4. The fourth-order valence-electron chi connectivity index (χ4n) is 18.0. The average Bonchev–Trinajstić information content (AvgIpc) is 0.752. The van der Waals surface area contributed by atoms with Crippen LogP contribution in [-0.4, -0.2) is 287 Å². The van der Waals surface area contributed by atoms with E-state index in [0.717, 1.165) is 117 Å². The minimum atomic E-state index is -2.56. The third kappa shape index (κ3) is 25.6. The molecule has 9 heterocycles. The number of nitrogens with zero attached hydrogens (tertiary/aromatic N) is 1. The van der Waals surface area contributed by atoms with Gasteiger partial charge in [-0.1, -0.05) is 93.4 Å². The van der Waals surface area contributed by atoms with Crippen LogP contribution in [0.25, 0.3) is 11.1 Å².